The number of aryl methyl sites for hydroxylation is 1. The van der Waals surface area contributed by atoms with Gasteiger partial charge in [-0.3, -0.25) is 0 Å². The van der Waals surface area contributed by atoms with Crippen LogP contribution in [0.1, 0.15) is 21.4 Å². The normalized spacial score (nSPS) is 12.3. The summed E-state index contributed by atoms with van der Waals surface area (Å²) in [4.78, 5) is 2.42. The predicted octanol–water partition coefficient (Wildman–Crippen LogP) is 6.63. The summed E-state index contributed by atoms with van der Waals surface area (Å²) in [5.41, 5.74) is 2.12. The van der Waals surface area contributed by atoms with E-state index in [0.29, 0.717) is 0 Å². The Labute approximate surface area is 142 Å². The highest BCUT2D eigenvalue weighted by Crippen LogP contribution is 2.37. The van der Waals surface area contributed by atoms with E-state index >= 15 is 0 Å². The fourth-order valence-corrected chi connectivity index (χ4v) is 4.30. The summed E-state index contributed by atoms with van der Waals surface area (Å²) in [6.07, 6.45) is 0. The number of hydrogen-bond donors (Lipinski definition) is 1. The van der Waals surface area contributed by atoms with E-state index in [1.807, 2.05) is 18.2 Å². The third-order valence-electron chi connectivity index (χ3n) is 3.13. The van der Waals surface area contributed by atoms with Crippen molar-refractivity contribution in [1.29, 1.82) is 0 Å². The number of hydrogen-bond acceptors (Lipinski definition) is 3. The van der Waals surface area contributed by atoms with E-state index in [9.17, 15) is 0 Å². The largest absolute Gasteiger partial charge is 0.372 e. The highest BCUT2D eigenvalue weighted by atomic mass is 35.5. The van der Waals surface area contributed by atoms with Gasteiger partial charge in [-0.2, -0.15) is 0 Å². The molecule has 1 unspecified atom stereocenters. The molecular formula is C16H13Cl2NS2. The van der Waals surface area contributed by atoms with E-state index in [-0.39, 0.29) is 6.04 Å². The molecule has 0 spiro atoms. The van der Waals surface area contributed by atoms with Crippen molar-refractivity contribution >= 4 is 51.6 Å². The second-order valence-corrected chi connectivity index (χ2v) is 7.85. The smallest absolute Gasteiger partial charge is 0.0954 e. The molecule has 21 heavy (non-hydrogen) atoms. The molecule has 3 aromatic rings. The van der Waals surface area contributed by atoms with Crippen LogP contribution in [-0.2, 0) is 0 Å². The van der Waals surface area contributed by atoms with Crippen LogP contribution in [0.15, 0.2) is 47.8 Å². The summed E-state index contributed by atoms with van der Waals surface area (Å²) in [5.74, 6) is 0. The Bertz CT molecular complexity index is 735. The molecule has 0 aliphatic heterocycles. The number of rotatable bonds is 4. The lowest BCUT2D eigenvalue weighted by atomic mass is 10.1. The van der Waals surface area contributed by atoms with Crippen molar-refractivity contribution in [1.82, 2.24) is 0 Å². The lowest BCUT2D eigenvalue weighted by Gasteiger charge is -2.19. The van der Waals surface area contributed by atoms with Crippen LogP contribution in [0.4, 0.5) is 5.69 Å². The molecule has 0 radical (unpaired) electrons. The van der Waals surface area contributed by atoms with Gasteiger partial charge >= 0.3 is 0 Å². The Morgan fingerprint density at radius 1 is 1.05 bits per heavy atom. The number of anilines is 1. The van der Waals surface area contributed by atoms with Crippen LogP contribution in [-0.4, -0.2) is 0 Å². The fraction of sp³-hybridized carbons (Fsp3) is 0.125. The van der Waals surface area contributed by atoms with Crippen LogP contribution < -0.4 is 5.32 Å². The minimum atomic E-state index is 0.0711. The van der Waals surface area contributed by atoms with Gasteiger partial charge in [-0.05, 0) is 48.2 Å². The molecule has 0 aliphatic carbocycles. The lowest BCUT2D eigenvalue weighted by Crippen LogP contribution is -2.10. The zero-order valence-corrected chi connectivity index (χ0v) is 14.4. The number of nitrogens with one attached hydrogen (secondary N) is 1. The van der Waals surface area contributed by atoms with E-state index < -0.39 is 0 Å². The SMILES string of the molecule is Cc1ccc(Cl)c(NC(c2cccs2)c2ccc(Cl)s2)c1. The Morgan fingerprint density at radius 3 is 2.57 bits per heavy atom. The maximum absolute atomic E-state index is 6.31. The van der Waals surface area contributed by atoms with Gasteiger partial charge in [0.2, 0.25) is 0 Å². The minimum Gasteiger partial charge on any atom is -0.372 e. The zero-order valence-electron chi connectivity index (χ0n) is 11.3. The standard InChI is InChI=1S/C16H13Cl2NS2/c1-10-4-5-11(17)12(9-10)19-16(13-3-2-8-20-13)14-6-7-15(18)21-14/h2-9,16,19H,1H3. The fourth-order valence-electron chi connectivity index (χ4n) is 2.13. The van der Waals surface area contributed by atoms with Gasteiger partial charge in [-0.1, -0.05) is 35.3 Å². The summed E-state index contributed by atoms with van der Waals surface area (Å²) < 4.78 is 0.795. The highest BCUT2D eigenvalue weighted by Gasteiger charge is 2.18. The number of halogens is 2. The third kappa shape index (κ3) is 3.43. The summed E-state index contributed by atoms with van der Waals surface area (Å²) >= 11 is 15.7. The number of thiophene rings is 2. The van der Waals surface area contributed by atoms with E-state index in [2.05, 4.69) is 41.9 Å². The maximum Gasteiger partial charge on any atom is 0.0954 e. The molecule has 3 rings (SSSR count). The maximum atomic E-state index is 6.31. The molecule has 1 nitrogen and oxygen atoms in total. The molecule has 0 saturated carbocycles. The van der Waals surface area contributed by atoms with Crippen molar-refractivity contribution < 1.29 is 0 Å². The molecule has 1 aromatic carbocycles. The topological polar surface area (TPSA) is 12.0 Å². The van der Waals surface area contributed by atoms with Crippen LogP contribution in [0.3, 0.4) is 0 Å². The highest BCUT2D eigenvalue weighted by molar-refractivity contribution is 7.16. The lowest BCUT2D eigenvalue weighted by molar-refractivity contribution is 0.992. The molecule has 0 fully saturated rings. The Morgan fingerprint density at radius 2 is 1.90 bits per heavy atom. The molecule has 5 heteroatoms. The predicted molar refractivity (Wildman–Crippen MR) is 95.3 cm³/mol. The molecule has 2 aromatic heterocycles. The molecule has 108 valence electrons. The summed E-state index contributed by atoms with van der Waals surface area (Å²) in [6, 6.07) is 14.2. The Balaban J connectivity index is 1.98. The summed E-state index contributed by atoms with van der Waals surface area (Å²) in [5, 5.41) is 6.36. The molecule has 2 heterocycles. The Hall–Kier alpha value is -1.000. The first kappa shape index (κ1) is 14.9. The molecule has 1 N–H and O–H groups in total. The van der Waals surface area contributed by atoms with Crippen LogP contribution in [0.2, 0.25) is 9.36 Å². The van der Waals surface area contributed by atoms with Crippen molar-refractivity contribution in [2.24, 2.45) is 0 Å². The van der Waals surface area contributed by atoms with E-state index in [1.54, 1.807) is 22.7 Å². The third-order valence-corrected chi connectivity index (χ3v) is 5.69. The van der Waals surface area contributed by atoms with Crippen molar-refractivity contribution in [3.63, 3.8) is 0 Å². The Kier molecular flexibility index (Phi) is 4.55. The van der Waals surface area contributed by atoms with Gasteiger partial charge in [-0.15, -0.1) is 22.7 Å². The molecule has 0 saturated heterocycles. The van der Waals surface area contributed by atoms with Crippen LogP contribution >= 0.6 is 45.9 Å². The van der Waals surface area contributed by atoms with Crippen LogP contribution in [0.25, 0.3) is 0 Å². The van der Waals surface area contributed by atoms with Gasteiger partial charge in [-0.25, -0.2) is 0 Å². The van der Waals surface area contributed by atoms with Crippen molar-refractivity contribution in [2.45, 2.75) is 13.0 Å². The molecule has 0 amide bonds. The molecule has 0 aliphatic rings. The summed E-state index contributed by atoms with van der Waals surface area (Å²) in [6.45, 7) is 2.06. The first-order valence-corrected chi connectivity index (χ1v) is 8.90. The first-order chi connectivity index (χ1) is 10.1. The van der Waals surface area contributed by atoms with Gasteiger partial charge < -0.3 is 5.32 Å². The number of benzene rings is 1. The first-order valence-electron chi connectivity index (χ1n) is 6.45. The summed E-state index contributed by atoms with van der Waals surface area (Å²) in [7, 11) is 0. The van der Waals surface area contributed by atoms with Gasteiger partial charge in [0.25, 0.3) is 0 Å². The van der Waals surface area contributed by atoms with Gasteiger partial charge in [0, 0.05) is 9.75 Å². The quantitative estimate of drug-likeness (QED) is 0.555. The van der Waals surface area contributed by atoms with Crippen molar-refractivity contribution in [3.8, 4) is 0 Å². The molecular weight excluding hydrogens is 341 g/mol. The van der Waals surface area contributed by atoms with E-state index in [1.165, 1.54) is 15.3 Å². The van der Waals surface area contributed by atoms with Crippen LogP contribution in [0, 0.1) is 6.92 Å². The molecule has 1 atom stereocenters. The van der Waals surface area contributed by atoms with E-state index in [4.69, 9.17) is 23.2 Å². The zero-order chi connectivity index (χ0) is 14.8. The van der Waals surface area contributed by atoms with Crippen molar-refractivity contribution in [3.05, 3.63) is 72.5 Å². The van der Waals surface area contributed by atoms with Crippen LogP contribution in [0.5, 0.6) is 0 Å². The average molecular weight is 354 g/mol. The second-order valence-electron chi connectivity index (χ2n) is 4.72. The second kappa shape index (κ2) is 6.41. The average Bonchev–Trinajstić information content (AvgIpc) is 3.11. The van der Waals surface area contributed by atoms with Gasteiger partial charge in [0.1, 0.15) is 0 Å². The van der Waals surface area contributed by atoms with Crippen molar-refractivity contribution in [2.75, 3.05) is 5.32 Å². The van der Waals surface area contributed by atoms with E-state index in [0.717, 1.165) is 15.0 Å². The molecule has 0 bridgehead atoms. The van der Waals surface area contributed by atoms with Gasteiger partial charge in [0.15, 0.2) is 0 Å². The monoisotopic (exact) mass is 353 g/mol. The minimum absolute atomic E-state index is 0.0711. The van der Waals surface area contributed by atoms with Gasteiger partial charge in [0.05, 0.1) is 21.1 Å².